The van der Waals surface area contributed by atoms with Crippen LogP contribution in [0.25, 0.3) is 21.8 Å². The minimum atomic E-state index is 0.638. The molecule has 0 aliphatic carbocycles. The van der Waals surface area contributed by atoms with Crippen LogP contribution in [0.3, 0.4) is 0 Å². The van der Waals surface area contributed by atoms with Crippen LogP contribution in [0.5, 0.6) is 11.5 Å². The zero-order valence-corrected chi connectivity index (χ0v) is 14.9. The van der Waals surface area contributed by atoms with Crippen LogP contribution in [0, 0.1) is 0 Å². The van der Waals surface area contributed by atoms with E-state index >= 15 is 0 Å². The molecule has 114 valence electrons. The Morgan fingerprint density at radius 1 is 1.09 bits per heavy atom. The average molecular weight is 372 g/mol. The molecule has 1 aromatic carbocycles. The van der Waals surface area contributed by atoms with Gasteiger partial charge in [0.05, 0.1) is 29.8 Å². The highest BCUT2D eigenvalue weighted by Crippen LogP contribution is 2.42. The summed E-state index contributed by atoms with van der Waals surface area (Å²) in [6, 6.07) is 7.54. The van der Waals surface area contributed by atoms with Crippen molar-refractivity contribution in [1.82, 2.24) is 4.98 Å². The molecule has 3 nitrogen and oxygen atoms in total. The van der Waals surface area contributed by atoms with Crippen LogP contribution in [0.1, 0.15) is 0 Å². The number of nitrogens with zero attached hydrogens (tertiary/aromatic N) is 1. The Labute approximate surface area is 146 Å². The van der Waals surface area contributed by atoms with Crippen LogP contribution in [-0.2, 0) is 0 Å². The van der Waals surface area contributed by atoms with Gasteiger partial charge < -0.3 is 9.47 Å². The number of methoxy groups -OCH3 is 2. The van der Waals surface area contributed by atoms with Gasteiger partial charge in [-0.25, -0.2) is 4.98 Å². The van der Waals surface area contributed by atoms with E-state index in [2.05, 4.69) is 4.98 Å². The maximum atomic E-state index is 6.20. The molecule has 0 saturated carbocycles. The van der Waals surface area contributed by atoms with E-state index in [4.69, 9.17) is 32.7 Å². The summed E-state index contributed by atoms with van der Waals surface area (Å²) < 4.78 is 12.1. The second kappa shape index (κ2) is 6.46. The number of rotatable bonds is 4. The number of para-hydroxylation sites is 1. The molecule has 22 heavy (non-hydrogen) atoms. The maximum absolute atomic E-state index is 6.20. The highest BCUT2D eigenvalue weighted by atomic mass is 35.5. The van der Waals surface area contributed by atoms with Crippen LogP contribution >= 0.6 is 45.9 Å². The Morgan fingerprint density at radius 2 is 1.91 bits per heavy atom. The summed E-state index contributed by atoms with van der Waals surface area (Å²) in [5.41, 5.74) is 2.54. The minimum absolute atomic E-state index is 0.638. The van der Waals surface area contributed by atoms with E-state index in [0.717, 1.165) is 21.8 Å². The van der Waals surface area contributed by atoms with Crippen LogP contribution in [0.2, 0.25) is 8.67 Å². The topological polar surface area (TPSA) is 31.4 Å². The van der Waals surface area contributed by atoms with Crippen LogP contribution < -0.4 is 9.47 Å². The van der Waals surface area contributed by atoms with Gasteiger partial charge in [0.25, 0.3) is 0 Å². The molecular weight excluding hydrogens is 361 g/mol. The molecule has 0 aliphatic rings. The summed E-state index contributed by atoms with van der Waals surface area (Å²) in [5, 5.41) is 2.79. The summed E-state index contributed by atoms with van der Waals surface area (Å²) in [5.74, 6) is 1.34. The fourth-order valence-electron chi connectivity index (χ4n) is 2.09. The predicted octanol–water partition coefficient (Wildman–Crippen LogP) is 5.86. The van der Waals surface area contributed by atoms with E-state index in [-0.39, 0.29) is 0 Å². The molecule has 0 N–H and O–H groups in total. The zero-order valence-electron chi connectivity index (χ0n) is 11.7. The van der Waals surface area contributed by atoms with Crippen molar-refractivity contribution in [2.24, 2.45) is 0 Å². The number of thiazole rings is 1. The molecule has 0 fully saturated rings. The smallest absolute Gasteiger partial charge is 0.170 e. The average Bonchev–Trinajstić information content (AvgIpc) is 3.12. The van der Waals surface area contributed by atoms with E-state index in [1.165, 1.54) is 22.7 Å². The quantitative estimate of drug-likeness (QED) is 0.575. The highest BCUT2D eigenvalue weighted by Gasteiger charge is 2.17. The first-order chi connectivity index (χ1) is 10.6. The summed E-state index contributed by atoms with van der Waals surface area (Å²) in [7, 11) is 3.23. The van der Waals surface area contributed by atoms with Gasteiger partial charge in [-0.2, -0.15) is 0 Å². The van der Waals surface area contributed by atoms with E-state index in [1.54, 1.807) is 14.2 Å². The standard InChI is InChI=1S/C15H11Cl2NO2S2/c1-19-11-5-3-4-8(13(11)20-2)15-18-10(7-21-15)9-6-12(16)22-14(9)17/h3-7H,1-2H3. The molecule has 0 atom stereocenters. The molecule has 3 aromatic rings. The molecule has 3 rings (SSSR count). The first-order valence-electron chi connectivity index (χ1n) is 6.26. The van der Waals surface area contributed by atoms with Crippen molar-refractivity contribution >= 4 is 45.9 Å². The Hall–Kier alpha value is -1.27. The number of hydrogen-bond donors (Lipinski definition) is 0. The van der Waals surface area contributed by atoms with Crippen molar-refractivity contribution in [3.05, 3.63) is 38.3 Å². The van der Waals surface area contributed by atoms with Crippen molar-refractivity contribution in [3.8, 4) is 33.3 Å². The van der Waals surface area contributed by atoms with Gasteiger partial charge in [-0.1, -0.05) is 29.3 Å². The predicted molar refractivity (Wildman–Crippen MR) is 94.0 cm³/mol. The molecule has 7 heteroatoms. The summed E-state index contributed by atoms with van der Waals surface area (Å²) in [6.45, 7) is 0. The van der Waals surface area contributed by atoms with Gasteiger partial charge in [0, 0.05) is 10.9 Å². The summed E-state index contributed by atoms with van der Waals surface area (Å²) in [4.78, 5) is 4.66. The van der Waals surface area contributed by atoms with Gasteiger partial charge in [-0.15, -0.1) is 22.7 Å². The monoisotopic (exact) mass is 371 g/mol. The third kappa shape index (κ3) is 2.82. The second-order valence-electron chi connectivity index (χ2n) is 4.32. The fraction of sp³-hybridized carbons (Fsp3) is 0.133. The Kier molecular flexibility index (Phi) is 4.59. The third-order valence-corrected chi connectivity index (χ3v) is 5.43. The van der Waals surface area contributed by atoms with Crippen LogP contribution in [0.4, 0.5) is 0 Å². The second-order valence-corrected chi connectivity index (χ2v) is 7.46. The Morgan fingerprint density at radius 3 is 2.55 bits per heavy atom. The molecule has 2 heterocycles. The minimum Gasteiger partial charge on any atom is -0.493 e. The number of hydrogen-bond acceptors (Lipinski definition) is 5. The van der Waals surface area contributed by atoms with E-state index in [1.807, 2.05) is 29.6 Å². The number of aromatic nitrogens is 1. The molecule has 0 saturated heterocycles. The van der Waals surface area contributed by atoms with Crippen molar-refractivity contribution in [2.75, 3.05) is 14.2 Å². The number of thiophene rings is 1. The van der Waals surface area contributed by atoms with Gasteiger partial charge in [-0.05, 0) is 18.2 Å². The Bertz CT molecular complexity index is 814. The first-order valence-corrected chi connectivity index (χ1v) is 8.71. The zero-order chi connectivity index (χ0) is 15.7. The summed E-state index contributed by atoms with van der Waals surface area (Å²) >= 11 is 15.0. The van der Waals surface area contributed by atoms with Crippen molar-refractivity contribution in [3.63, 3.8) is 0 Å². The number of benzene rings is 1. The lowest BCUT2D eigenvalue weighted by atomic mass is 10.2. The SMILES string of the molecule is COc1cccc(-c2nc(-c3cc(Cl)sc3Cl)cs2)c1OC. The van der Waals surface area contributed by atoms with Gasteiger partial charge in [-0.3, -0.25) is 0 Å². The van der Waals surface area contributed by atoms with Gasteiger partial charge in [0.1, 0.15) is 9.34 Å². The molecule has 0 bridgehead atoms. The van der Waals surface area contributed by atoms with E-state index in [0.29, 0.717) is 20.2 Å². The highest BCUT2D eigenvalue weighted by molar-refractivity contribution is 7.20. The van der Waals surface area contributed by atoms with Crippen LogP contribution in [-0.4, -0.2) is 19.2 Å². The molecule has 0 aliphatic heterocycles. The van der Waals surface area contributed by atoms with Gasteiger partial charge in [0.15, 0.2) is 11.5 Å². The molecule has 0 spiro atoms. The van der Waals surface area contributed by atoms with Gasteiger partial charge >= 0.3 is 0 Å². The largest absolute Gasteiger partial charge is 0.493 e. The third-order valence-electron chi connectivity index (χ3n) is 3.07. The Balaban J connectivity index is 2.06. The normalized spacial score (nSPS) is 10.7. The lowest BCUT2D eigenvalue weighted by Crippen LogP contribution is -1.92. The molecule has 2 aromatic heterocycles. The lowest BCUT2D eigenvalue weighted by Gasteiger charge is -2.10. The summed E-state index contributed by atoms with van der Waals surface area (Å²) in [6.07, 6.45) is 0. The first kappa shape index (κ1) is 15.6. The van der Waals surface area contributed by atoms with Crippen LogP contribution in [0.15, 0.2) is 29.6 Å². The van der Waals surface area contributed by atoms with Crippen molar-refractivity contribution in [2.45, 2.75) is 0 Å². The lowest BCUT2D eigenvalue weighted by molar-refractivity contribution is 0.356. The van der Waals surface area contributed by atoms with E-state index in [9.17, 15) is 0 Å². The van der Waals surface area contributed by atoms with Gasteiger partial charge in [0.2, 0.25) is 0 Å². The molecular formula is C15H11Cl2NO2S2. The molecule has 0 radical (unpaired) electrons. The van der Waals surface area contributed by atoms with Crippen molar-refractivity contribution in [1.29, 1.82) is 0 Å². The number of halogens is 2. The van der Waals surface area contributed by atoms with Crippen molar-refractivity contribution < 1.29 is 9.47 Å². The molecule has 0 unspecified atom stereocenters. The maximum Gasteiger partial charge on any atom is 0.170 e. The molecule has 0 amide bonds. The van der Waals surface area contributed by atoms with E-state index < -0.39 is 0 Å². The fourth-order valence-corrected chi connectivity index (χ4v) is 4.41. The number of ether oxygens (including phenoxy) is 2.